The zero-order valence-electron chi connectivity index (χ0n) is 15.0. The summed E-state index contributed by atoms with van der Waals surface area (Å²) in [7, 11) is 1.98. The van der Waals surface area contributed by atoms with Crippen LogP contribution in [0.1, 0.15) is 31.9 Å². The van der Waals surface area contributed by atoms with Gasteiger partial charge in [-0.15, -0.1) is 0 Å². The monoisotopic (exact) mass is 323 g/mol. The third kappa shape index (κ3) is 3.30. The Labute approximate surface area is 143 Å². The van der Waals surface area contributed by atoms with E-state index in [1.165, 1.54) is 11.6 Å². The van der Waals surface area contributed by atoms with E-state index in [1.807, 2.05) is 30.9 Å². The van der Waals surface area contributed by atoms with Gasteiger partial charge in [0, 0.05) is 5.56 Å². The number of hydrogen-bond donors (Lipinski definition) is 0. The SMILES string of the molecule is Cc1cc(F)ccc1-c1c2ccc(CC(C)(C)C)cc2nc[n+]1C. The van der Waals surface area contributed by atoms with Crippen LogP contribution in [0.3, 0.4) is 0 Å². The number of nitrogens with zero attached hydrogens (tertiary/aromatic N) is 2. The molecule has 1 aromatic heterocycles. The van der Waals surface area contributed by atoms with Gasteiger partial charge in [-0.2, -0.15) is 0 Å². The van der Waals surface area contributed by atoms with E-state index in [2.05, 4.69) is 44.0 Å². The summed E-state index contributed by atoms with van der Waals surface area (Å²) in [5.41, 5.74) is 5.54. The molecule has 0 saturated carbocycles. The molecule has 124 valence electrons. The highest BCUT2D eigenvalue weighted by Gasteiger charge is 2.18. The van der Waals surface area contributed by atoms with Crippen molar-refractivity contribution in [2.45, 2.75) is 34.1 Å². The van der Waals surface area contributed by atoms with E-state index in [4.69, 9.17) is 0 Å². The number of aryl methyl sites for hydroxylation is 2. The summed E-state index contributed by atoms with van der Waals surface area (Å²) >= 11 is 0. The van der Waals surface area contributed by atoms with Crippen LogP contribution in [0, 0.1) is 18.2 Å². The van der Waals surface area contributed by atoms with E-state index in [9.17, 15) is 4.39 Å². The summed E-state index contributed by atoms with van der Waals surface area (Å²) in [5.74, 6) is -0.204. The summed E-state index contributed by atoms with van der Waals surface area (Å²) in [6, 6.07) is 11.4. The van der Waals surface area contributed by atoms with Crippen LogP contribution in [0.25, 0.3) is 22.2 Å². The summed E-state index contributed by atoms with van der Waals surface area (Å²) in [6.45, 7) is 8.66. The molecule has 2 nitrogen and oxygen atoms in total. The molecule has 0 atom stereocenters. The molecule has 3 heteroatoms. The molecule has 0 bridgehead atoms. The number of fused-ring (bicyclic) bond motifs is 1. The minimum absolute atomic E-state index is 0.204. The van der Waals surface area contributed by atoms with Crippen LogP contribution < -0.4 is 4.57 Å². The van der Waals surface area contributed by atoms with Gasteiger partial charge in [-0.3, -0.25) is 0 Å². The van der Waals surface area contributed by atoms with Gasteiger partial charge >= 0.3 is 0 Å². The molecule has 3 rings (SSSR count). The van der Waals surface area contributed by atoms with Crippen molar-refractivity contribution in [1.29, 1.82) is 0 Å². The fraction of sp³-hybridized carbons (Fsp3) is 0.333. The quantitative estimate of drug-likeness (QED) is 0.621. The Kier molecular flexibility index (Phi) is 4.12. The number of rotatable bonds is 2. The molecule has 2 aromatic carbocycles. The zero-order chi connectivity index (χ0) is 17.5. The topological polar surface area (TPSA) is 16.8 Å². The van der Waals surface area contributed by atoms with Crippen molar-refractivity contribution in [3.63, 3.8) is 0 Å². The van der Waals surface area contributed by atoms with Gasteiger partial charge in [0.2, 0.25) is 0 Å². The van der Waals surface area contributed by atoms with Crippen LogP contribution >= 0.6 is 0 Å². The Morgan fingerprint density at radius 3 is 2.50 bits per heavy atom. The van der Waals surface area contributed by atoms with Crippen molar-refractivity contribution in [2.75, 3.05) is 0 Å². The van der Waals surface area contributed by atoms with Crippen LogP contribution in [-0.2, 0) is 13.5 Å². The summed E-state index contributed by atoms with van der Waals surface area (Å²) in [5, 5.41) is 1.09. The molecule has 0 fully saturated rings. The second kappa shape index (κ2) is 5.97. The van der Waals surface area contributed by atoms with Crippen molar-refractivity contribution < 1.29 is 8.96 Å². The molecular weight excluding hydrogens is 299 g/mol. The minimum atomic E-state index is -0.204. The first-order valence-corrected chi connectivity index (χ1v) is 8.28. The average molecular weight is 323 g/mol. The van der Waals surface area contributed by atoms with E-state index < -0.39 is 0 Å². The summed E-state index contributed by atoms with van der Waals surface area (Å²) in [4.78, 5) is 4.59. The second-order valence-corrected chi connectivity index (χ2v) is 7.75. The molecule has 0 unspecified atom stereocenters. The summed E-state index contributed by atoms with van der Waals surface area (Å²) < 4.78 is 15.5. The van der Waals surface area contributed by atoms with Gasteiger partial charge in [0.25, 0.3) is 6.33 Å². The Bertz CT molecular complexity index is 908. The lowest BCUT2D eigenvalue weighted by molar-refractivity contribution is -0.662. The van der Waals surface area contributed by atoms with Crippen molar-refractivity contribution in [3.05, 3.63) is 59.7 Å². The maximum absolute atomic E-state index is 13.5. The van der Waals surface area contributed by atoms with E-state index >= 15 is 0 Å². The van der Waals surface area contributed by atoms with Gasteiger partial charge in [0.1, 0.15) is 11.5 Å². The van der Waals surface area contributed by atoms with E-state index in [0.717, 1.165) is 34.1 Å². The highest BCUT2D eigenvalue weighted by Crippen LogP contribution is 2.29. The lowest BCUT2D eigenvalue weighted by Gasteiger charge is -2.18. The largest absolute Gasteiger partial charge is 0.287 e. The lowest BCUT2D eigenvalue weighted by Crippen LogP contribution is -2.31. The van der Waals surface area contributed by atoms with Crippen LogP contribution in [0.2, 0.25) is 0 Å². The maximum atomic E-state index is 13.5. The molecule has 0 aliphatic rings. The highest BCUT2D eigenvalue weighted by atomic mass is 19.1. The second-order valence-electron chi connectivity index (χ2n) is 7.75. The first kappa shape index (κ1) is 16.6. The van der Waals surface area contributed by atoms with Crippen LogP contribution in [0.4, 0.5) is 4.39 Å². The van der Waals surface area contributed by atoms with Crippen molar-refractivity contribution >= 4 is 10.9 Å². The molecule has 0 saturated heterocycles. The first-order chi connectivity index (χ1) is 11.2. The Morgan fingerprint density at radius 2 is 1.83 bits per heavy atom. The standard InChI is InChI=1S/C21H24FN2/c1-14-10-16(22)7-9-17(14)20-18-8-6-15(12-21(2,3)4)11-19(18)23-13-24(20)5/h6-11,13H,12H2,1-5H3/q+1. The smallest absolute Gasteiger partial charge is 0.232 e. The molecular formula is C21H24FN2+. The maximum Gasteiger partial charge on any atom is 0.287 e. The Hall–Kier alpha value is -2.29. The fourth-order valence-electron chi connectivity index (χ4n) is 3.23. The predicted octanol–water partition coefficient (Wildman–Crippen LogP) is 4.76. The predicted molar refractivity (Wildman–Crippen MR) is 96.2 cm³/mol. The Balaban J connectivity index is 2.19. The molecule has 0 aliphatic carbocycles. The number of aromatic nitrogens is 2. The number of benzene rings is 2. The van der Waals surface area contributed by atoms with Gasteiger partial charge in [-0.1, -0.05) is 26.8 Å². The minimum Gasteiger partial charge on any atom is -0.232 e. The zero-order valence-corrected chi connectivity index (χ0v) is 15.0. The van der Waals surface area contributed by atoms with Gasteiger partial charge in [-0.05, 0) is 65.2 Å². The van der Waals surface area contributed by atoms with Gasteiger partial charge < -0.3 is 0 Å². The Morgan fingerprint density at radius 1 is 1.08 bits per heavy atom. The number of halogens is 1. The average Bonchev–Trinajstić information content (AvgIpc) is 2.47. The molecule has 0 spiro atoms. The van der Waals surface area contributed by atoms with Gasteiger partial charge in [-0.25, -0.2) is 8.96 Å². The molecule has 0 aliphatic heterocycles. The molecule has 24 heavy (non-hydrogen) atoms. The van der Waals surface area contributed by atoms with Crippen molar-refractivity contribution in [1.82, 2.24) is 4.98 Å². The molecule has 0 amide bonds. The first-order valence-electron chi connectivity index (χ1n) is 8.28. The summed E-state index contributed by atoms with van der Waals surface area (Å²) in [6.07, 6.45) is 2.85. The van der Waals surface area contributed by atoms with Crippen LogP contribution in [-0.4, -0.2) is 4.98 Å². The van der Waals surface area contributed by atoms with E-state index in [-0.39, 0.29) is 11.2 Å². The normalized spacial score (nSPS) is 11.9. The van der Waals surface area contributed by atoms with Gasteiger partial charge in [0.15, 0.2) is 5.52 Å². The molecule has 1 heterocycles. The highest BCUT2D eigenvalue weighted by molar-refractivity contribution is 5.91. The molecule has 3 aromatic rings. The third-order valence-electron chi connectivity index (χ3n) is 4.22. The molecule has 0 radical (unpaired) electrons. The number of hydrogen-bond acceptors (Lipinski definition) is 1. The molecule has 0 N–H and O–H groups in total. The third-order valence-corrected chi connectivity index (χ3v) is 4.22. The van der Waals surface area contributed by atoms with Crippen LogP contribution in [0.5, 0.6) is 0 Å². The van der Waals surface area contributed by atoms with E-state index in [1.54, 1.807) is 6.07 Å². The fourth-order valence-corrected chi connectivity index (χ4v) is 3.23. The van der Waals surface area contributed by atoms with Gasteiger partial charge in [0.05, 0.1) is 12.4 Å². The van der Waals surface area contributed by atoms with E-state index in [0.29, 0.717) is 0 Å². The van der Waals surface area contributed by atoms with Crippen molar-refractivity contribution in [2.24, 2.45) is 12.5 Å². The van der Waals surface area contributed by atoms with Crippen molar-refractivity contribution in [3.8, 4) is 11.3 Å². The van der Waals surface area contributed by atoms with Crippen LogP contribution in [0.15, 0.2) is 42.7 Å². The lowest BCUT2D eigenvalue weighted by atomic mass is 9.87.